The molecule has 0 heterocycles. The minimum Gasteiger partial charge on any atom is -0.507 e. The fourth-order valence-corrected chi connectivity index (χ4v) is 1.92. The van der Waals surface area contributed by atoms with Gasteiger partial charge in [-0.05, 0) is 52.3 Å². The van der Waals surface area contributed by atoms with Crippen LogP contribution in [-0.2, 0) is 0 Å². The van der Waals surface area contributed by atoms with Crippen LogP contribution in [0, 0.1) is 0 Å². The van der Waals surface area contributed by atoms with Gasteiger partial charge in [0.05, 0.1) is 17.3 Å². The first-order chi connectivity index (χ1) is 9.51. The van der Waals surface area contributed by atoms with E-state index < -0.39 is 0 Å². The molecule has 0 bridgehead atoms. The van der Waals surface area contributed by atoms with Gasteiger partial charge >= 0.3 is 0 Å². The van der Waals surface area contributed by atoms with E-state index in [4.69, 9.17) is 10.5 Å². The number of aromatic hydroxyl groups is 1. The smallest absolute Gasteiger partial charge is 0.255 e. The topological polar surface area (TPSA) is 84.6 Å². The fourth-order valence-electron chi connectivity index (χ4n) is 1.67. The summed E-state index contributed by atoms with van der Waals surface area (Å²) in [6, 6.07) is 9.55. The van der Waals surface area contributed by atoms with Crippen LogP contribution in [0.4, 0.5) is 11.4 Å². The normalized spacial score (nSPS) is 10.1. The molecule has 104 valence electrons. The van der Waals surface area contributed by atoms with Gasteiger partial charge in [0.2, 0.25) is 0 Å². The zero-order valence-corrected chi connectivity index (χ0v) is 12.3. The first kappa shape index (κ1) is 14.2. The summed E-state index contributed by atoms with van der Waals surface area (Å²) in [5.41, 5.74) is 7.10. The highest BCUT2D eigenvalue weighted by molar-refractivity contribution is 9.10. The summed E-state index contributed by atoms with van der Waals surface area (Å²) in [6.45, 7) is 0. The second-order valence-electron chi connectivity index (χ2n) is 4.08. The Kier molecular flexibility index (Phi) is 4.14. The molecule has 6 heteroatoms. The van der Waals surface area contributed by atoms with E-state index in [1.54, 1.807) is 30.3 Å². The highest BCUT2D eigenvalue weighted by atomic mass is 79.9. The fraction of sp³-hybridized carbons (Fsp3) is 0.0714. The molecule has 0 aromatic heterocycles. The Morgan fingerprint density at radius 2 is 2.05 bits per heavy atom. The van der Waals surface area contributed by atoms with Gasteiger partial charge in [0.15, 0.2) is 0 Å². The van der Waals surface area contributed by atoms with Crippen LogP contribution in [-0.4, -0.2) is 18.1 Å². The lowest BCUT2D eigenvalue weighted by Crippen LogP contribution is -2.12. The van der Waals surface area contributed by atoms with E-state index in [9.17, 15) is 9.90 Å². The molecule has 0 aliphatic heterocycles. The zero-order valence-electron chi connectivity index (χ0n) is 10.7. The highest BCUT2D eigenvalue weighted by Crippen LogP contribution is 2.26. The molecule has 2 aromatic rings. The molecule has 1 amide bonds. The van der Waals surface area contributed by atoms with Crippen LogP contribution >= 0.6 is 15.9 Å². The van der Waals surface area contributed by atoms with Crippen LogP contribution in [0.15, 0.2) is 40.9 Å². The molecule has 0 spiro atoms. The Labute approximate surface area is 124 Å². The van der Waals surface area contributed by atoms with Crippen molar-refractivity contribution in [1.29, 1.82) is 0 Å². The maximum absolute atomic E-state index is 12.0. The SMILES string of the molecule is COc1ccc(NC(=O)c2ccc(Br)c(O)c2)cc1N. The number of halogens is 1. The first-order valence-corrected chi connectivity index (χ1v) is 6.54. The molecule has 0 fully saturated rings. The largest absolute Gasteiger partial charge is 0.507 e. The molecule has 4 N–H and O–H groups in total. The van der Waals surface area contributed by atoms with Crippen molar-refractivity contribution in [2.24, 2.45) is 0 Å². The van der Waals surface area contributed by atoms with Gasteiger partial charge in [-0.2, -0.15) is 0 Å². The van der Waals surface area contributed by atoms with E-state index in [0.717, 1.165) is 0 Å². The summed E-state index contributed by atoms with van der Waals surface area (Å²) in [5.74, 6) is 0.216. The molecule has 2 rings (SSSR count). The predicted octanol–water partition coefficient (Wildman–Crippen LogP) is 3.00. The van der Waals surface area contributed by atoms with Crippen LogP contribution in [0.2, 0.25) is 0 Å². The average Bonchev–Trinajstić information content (AvgIpc) is 2.42. The van der Waals surface area contributed by atoms with Crippen molar-refractivity contribution >= 4 is 33.2 Å². The molecule has 0 atom stereocenters. The van der Waals surface area contributed by atoms with Gasteiger partial charge in [-0.15, -0.1) is 0 Å². The van der Waals surface area contributed by atoms with Gasteiger partial charge in [0, 0.05) is 11.3 Å². The van der Waals surface area contributed by atoms with E-state index in [1.165, 1.54) is 13.2 Å². The Hall–Kier alpha value is -2.21. The summed E-state index contributed by atoms with van der Waals surface area (Å²) in [4.78, 5) is 12.0. The number of amides is 1. The standard InChI is InChI=1S/C14H13BrN2O3/c1-20-13-5-3-9(7-11(13)16)17-14(19)8-2-4-10(15)12(18)6-8/h2-7,18H,16H2,1H3,(H,17,19). The van der Waals surface area contributed by atoms with Gasteiger partial charge in [-0.25, -0.2) is 0 Å². The molecule has 0 saturated heterocycles. The Morgan fingerprint density at radius 1 is 1.30 bits per heavy atom. The van der Waals surface area contributed by atoms with Crippen LogP contribution in [0.1, 0.15) is 10.4 Å². The number of nitrogens with one attached hydrogen (secondary N) is 1. The van der Waals surface area contributed by atoms with Gasteiger partial charge in [-0.1, -0.05) is 0 Å². The monoisotopic (exact) mass is 336 g/mol. The molecular weight excluding hydrogens is 324 g/mol. The number of ether oxygens (including phenoxy) is 1. The third-order valence-electron chi connectivity index (χ3n) is 2.70. The molecule has 0 aliphatic carbocycles. The Balaban J connectivity index is 2.19. The van der Waals surface area contributed by atoms with Crippen molar-refractivity contribution in [2.75, 3.05) is 18.2 Å². The minimum atomic E-state index is -0.336. The highest BCUT2D eigenvalue weighted by Gasteiger charge is 2.09. The molecule has 5 nitrogen and oxygen atoms in total. The van der Waals surface area contributed by atoms with E-state index >= 15 is 0 Å². The van der Waals surface area contributed by atoms with Crippen molar-refractivity contribution in [3.05, 3.63) is 46.4 Å². The van der Waals surface area contributed by atoms with E-state index in [2.05, 4.69) is 21.2 Å². The number of carbonyl (C=O) groups is 1. The van der Waals surface area contributed by atoms with Crippen molar-refractivity contribution in [3.63, 3.8) is 0 Å². The minimum absolute atomic E-state index is 0.00638. The average molecular weight is 337 g/mol. The third-order valence-corrected chi connectivity index (χ3v) is 3.37. The van der Waals surface area contributed by atoms with Crippen LogP contribution < -0.4 is 15.8 Å². The number of anilines is 2. The number of methoxy groups -OCH3 is 1. The van der Waals surface area contributed by atoms with Crippen LogP contribution in [0.25, 0.3) is 0 Å². The summed E-state index contributed by atoms with van der Waals surface area (Å²) >= 11 is 3.16. The number of nitrogen functional groups attached to an aromatic ring is 1. The van der Waals surface area contributed by atoms with E-state index in [0.29, 0.717) is 27.2 Å². The number of benzene rings is 2. The lowest BCUT2D eigenvalue weighted by atomic mass is 10.2. The lowest BCUT2D eigenvalue weighted by molar-refractivity contribution is 0.102. The molecule has 0 unspecified atom stereocenters. The summed E-state index contributed by atoms with van der Waals surface area (Å²) in [5, 5.41) is 12.3. The number of nitrogens with two attached hydrogens (primary N) is 1. The Morgan fingerprint density at radius 3 is 2.65 bits per heavy atom. The molecular formula is C14H13BrN2O3. The van der Waals surface area contributed by atoms with Crippen molar-refractivity contribution in [3.8, 4) is 11.5 Å². The second-order valence-corrected chi connectivity index (χ2v) is 4.93. The number of hydrogen-bond acceptors (Lipinski definition) is 4. The number of phenols is 1. The summed E-state index contributed by atoms with van der Waals surface area (Å²) in [6.07, 6.45) is 0. The molecule has 0 saturated carbocycles. The molecule has 0 radical (unpaired) electrons. The molecule has 20 heavy (non-hydrogen) atoms. The number of carbonyl (C=O) groups excluding carboxylic acids is 1. The van der Waals surface area contributed by atoms with Crippen LogP contribution in [0.5, 0.6) is 11.5 Å². The van der Waals surface area contributed by atoms with Gasteiger partial charge < -0.3 is 20.9 Å². The van der Waals surface area contributed by atoms with Crippen molar-refractivity contribution in [1.82, 2.24) is 0 Å². The second kappa shape index (κ2) is 5.83. The summed E-state index contributed by atoms with van der Waals surface area (Å²) in [7, 11) is 1.52. The van der Waals surface area contributed by atoms with Gasteiger partial charge in [0.1, 0.15) is 11.5 Å². The predicted molar refractivity (Wildman–Crippen MR) is 81.2 cm³/mol. The number of phenolic OH excluding ortho intramolecular Hbond substituents is 1. The maximum atomic E-state index is 12.0. The third kappa shape index (κ3) is 3.03. The van der Waals surface area contributed by atoms with Crippen molar-refractivity contribution in [2.45, 2.75) is 0 Å². The number of rotatable bonds is 3. The van der Waals surface area contributed by atoms with E-state index in [-0.39, 0.29) is 11.7 Å². The quantitative estimate of drug-likeness (QED) is 0.752. The first-order valence-electron chi connectivity index (χ1n) is 5.74. The van der Waals surface area contributed by atoms with Crippen molar-refractivity contribution < 1.29 is 14.6 Å². The number of hydrogen-bond donors (Lipinski definition) is 3. The molecule has 0 aliphatic rings. The van der Waals surface area contributed by atoms with Crippen LogP contribution in [0.3, 0.4) is 0 Å². The Bertz CT molecular complexity index is 659. The van der Waals surface area contributed by atoms with E-state index in [1.807, 2.05) is 0 Å². The summed E-state index contributed by atoms with van der Waals surface area (Å²) < 4.78 is 5.57. The maximum Gasteiger partial charge on any atom is 0.255 e. The van der Waals surface area contributed by atoms with Gasteiger partial charge in [0.25, 0.3) is 5.91 Å². The molecule has 2 aromatic carbocycles. The zero-order chi connectivity index (χ0) is 14.7. The lowest BCUT2D eigenvalue weighted by Gasteiger charge is -2.09. The van der Waals surface area contributed by atoms with Gasteiger partial charge in [-0.3, -0.25) is 4.79 Å².